The van der Waals surface area contributed by atoms with Gasteiger partial charge in [0.25, 0.3) is 0 Å². The van der Waals surface area contributed by atoms with E-state index >= 15 is 0 Å². The zero-order valence-corrected chi connectivity index (χ0v) is 17.1. The van der Waals surface area contributed by atoms with Crippen molar-refractivity contribution in [2.45, 2.75) is 24.7 Å². The van der Waals surface area contributed by atoms with Crippen molar-refractivity contribution in [1.29, 1.82) is 0 Å². The van der Waals surface area contributed by atoms with Gasteiger partial charge in [-0.2, -0.15) is 0 Å². The molecule has 0 bridgehead atoms. The summed E-state index contributed by atoms with van der Waals surface area (Å²) in [6.45, 7) is 2.08. The van der Waals surface area contributed by atoms with Crippen LogP contribution >= 0.6 is 23.1 Å². The number of aryl methyl sites for hydroxylation is 1. The lowest BCUT2D eigenvalue weighted by molar-refractivity contribution is -0.116. The third-order valence-electron chi connectivity index (χ3n) is 4.27. The lowest BCUT2D eigenvalue weighted by atomic mass is 10.2. The molecule has 0 saturated carbocycles. The third-order valence-corrected chi connectivity index (χ3v) is 6.12. The van der Waals surface area contributed by atoms with E-state index in [1.54, 1.807) is 11.8 Å². The number of aromatic nitrogens is 1. The third kappa shape index (κ3) is 4.64. The summed E-state index contributed by atoms with van der Waals surface area (Å²) in [5, 5.41) is 6.44. The van der Waals surface area contributed by atoms with E-state index in [1.165, 1.54) is 21.8 Å². The van der Waals surface area contributed by atoms with Crippen molar-refractivity contribution >= 4 is 45.1 Å². The average Bonchev–Trinajstić information content (AvgIpc) is 3.33. The molecule has 2 heterocycles. The van der Waals surface area contributed by atoms with E-state index in [1.807, 2.05) is 35.7 Å². The van der Waals surface area contributed by atoms with Crippen molar-refractivity contribution in [3.8, 4) is 11.5 Å². The number of thiazole rings is 1. The molecule has 1 amide bonds. The zero-order valence-electron chi connectivity index (χ0n) is 15.5. The van der Waals surface area contributed by atoms with Crippen molar-refractivity contribution in [2.24, 2.45) is 0 Å². The van der Waals surface area contributed by atoms with Gasteiger partial charge in [-0.25, -0.2) is 4.98 Å². The van der Waals surface area contributed by atoms with E-state index in [4.69, 9.17) is 4.42 Å². The highest BCUT2D eigenvalue weighted by Crippen LogP contribution is 2.30. The fourth-order valence-corrected chi connectivity index (χ4v) is 4.36. The molecule has 0 spiro atoms. The standard InChI is InChI=1S/C22H20N2O2S2/c1-15-8-10-17(11-9-15)27-12-4-7-21(25)24-22-23-18(14-28-22)20-13-16-5-2-3-6-19(16)26-20/h2-3,5-6,8-11,13-14H,4,7,12H2,1H3,(H,23,24,25). The maximum absolute atomic E-state index is 12.2. The minimum Gasteiger partial charge on any atom is -0.454 e. The second-order valence-corrected chi connectivity index (χ2v) is 8.53. The van der Waals surface area contributed by atoms with Gasteiger partial charge in [0.05, 0.1) is 0 Å². The molecule has 4 rings (SSSR count). The highest BCUT2D eigenvalue weighted by molar-refractivity contribution is 7.99. The van der Waals surface area contributed by atoms with Crippen LogP contribution in [-0.2, 0) is 4.79 Å². The van der Waals surface area contributed by atoms with Crippen LogP contribution in [0.4, 0.5) is 5.13 Å². The van der Waals surface area contributed by atoms with Crippen LogP contribution < -0.4 is 5.32 Å². The first kappa shape index (κ1) is 18.8. The van der Waals surface area contributed by atoms with Crippen LogP contribution in [0.5, 0.6) is 0 Å². The lowest BCUT2D eigenvalue weighted by Crippen LogP contribution is -2.11. The molecule has 4 nitrogen and oxygen atoms in total. The van der Waals surface area contributed by atoms with Gasteiger partial charge in [-0.05, 0) is 43.4 Å². The van der Waals surface area contributed by atoms with Gasteiger partial charge in [0.1, 0.15) is 11.3 Å². The number of hydrogen-bond acceptors (Lipinski definition) is 5. The lowest BCUT2D eigenvalue weighted by Gasteiger charge is -2.03. The molecule has 2 aromatic carbocycles. The molecule has 0 saturated heterocycles. The molecule has 0 unspecified atom stereocenters. The number of para-hydroxylation sites is 1. The summed E-state index contributed by atoms with van der Waals surface area (Å²) in [5.74, 6) is 1.63. The van der Waals surface area contributed by atoms with Crippen LogP contribution in [0.2, 0.25) is 0 Å². The van der Waals surface area contributed by atoms with Crippen molar-refractivity contribution in [3.05, 3.63) is 65.5 Å². The molecule has 0 fully saturated rings. The van der Waals surface area contributed by atoms with Gasteiger partial charge in [0.15, 0.2) is 10.9 Å². The molecular weight excluding hydrogens is 388 g/mol. The summed E-state index contributed by atoms with van der Waals surface area (Å²) < 4.78 is 5.83. The Morgan fingerprint density at radius 3 is 2.82 bits per heavy atom. The molecule has 2 aromatic heterocycles. The van der Waals surface area contributed by atoms with E-state index in [-0.39, 0.29) is 5.91 Å². The first-order chi connectivity index (χ1) is 13.7. The number of amides is 1. The summed E-state index contributed by atoms with van der Waals surface area (Å²) in [4.78, 5) is 17.9. The van der Waals surface area contributed by atoms with Gasteiger partial charge >= 0.3 is 0 Å². The monoisotopic (exact) mass is 408 g/mol. The van der Waals surface area contributed by atoms with Crippen LogP contribution in [0.1, 0.15) is 18.4 Å². The average molecular weight is 409 g/mol. The molecule has 0 atom stereocenters. The van der Waals surface area contributed by atoms with Crippen molar-refractivity contribution < 1.29 is 9.21 Å². The Balaban J connectivity index is 1.27. The van der Waals surface area contributed by atoms with Gasteiger partial charge in [-0.3, -0.25) is 4.79 Å². The number of anilines is 1. The molecule has 1 N–H and O–H groups in total. The molecule has 0 radical (unpaired) electrons. The number of nitrogens with one attached hydrogen (secondary N) is 1. The second kappa shape index (κ2) is 8.63. The van der Waals surface area contributed by atoms with E-state index in [9.17, 15) is 4.79 Å². The first-order valence-electron chi connectivity index (χ1n) is 9.11. The molecule has 28 heavy (non-hydrogen) atoms. The Labute approximate surface area is 172 Å². The number of carbonyl (C=O) groups excluding carboxylic acids is 1. The van der Waals surface area contributed by atoms with Crippen LogP contribution in [0.25, 0.3) is 22.4 Å². The second-order valence-electron chi connectivity index (χ2n) is 6.50. The van der Waals surface area contributed by atoms with Crippen molar-refractivity contribution in [2.75, 3.05) is 11.1 Å². The topological polar surface area (TPSA) is 55.1 Å². The number of benzene rings is 2. The predicted molar refractivity (Wildman–Crippen MR) is 117 cm³/mol. The summed E-state index contributed by atoms with van der Waals surface area (Å²) in [7, 11) is 0. The molecule has 4 aromatic rings. The fraction of sp³-hybridized carbons (Fsp3) is 0.182. The van der Waals surface area contributed by atoms with Gasteiger partial charge < -0.3 is 9.73 Å². The van der Waals surface area contributed by atoms with E-state index in [0.717, 1.165) is 28.8 Å². The summed E-state index contributed by atoms with van der Waals surface area (Å²) in [6, 6.07) is 18.3. The molecule has 0 aliphatic rings. The number of fused-ring (bicyclic) bond motifs is 1. The zero-order chi connectivity index (χ0) is 19.3. The number of rotatable bonds is 7. The highest BCUT2D eigenvalue weighted by atomic mass is 32.2. The largest absolute Gasteiger partial charge is 0.454 e. The number of nitrogens with zero attached hydrogens (tertiary/aromatic N) is 1. The van der Waals surface area contributed by atoms with Crippen LogP contribution in [0, 0.1) is 6.92 Å². The van der Waals surface area contributed by atoms with E-state index in [2.05, 4.69) is 41.5 Å². The Bertz CT molecular complexity index is 1050. The van der Waals surface area contributed by atoms with Crippen molar-refractivity contribution in [1.82, 2.24) is 4.98 Å². The Morgan fingerprint density at radius 1 is 1.18 bits per heavy atom. The molecule has 142 valence electrons. The molecule has 6 heteroatoms. The normalized spacial score (nSPS) is 11.0. The molecule has 0 aliphatic heterocycles. The van der Waals surface area contributed by atoms with Crippen LogP contribution in [0.15, 0.2) is 69.3 Å². The number of thioether (sulfide) groups is 1. The Hall–Kier alpha value is -2.57. The number of furan rings is 1. The fourth-order valence-electron chi connectivity index (χ4n) is 2.79. The smallest absolute Gasteiger partial charge is 0.226 e. The number of hydrogen-bond donors (Lipinski definition) is 1. The van der Waals surface area contributed by atoms with Gasteiger partial charge in [0, 0.05) is 22.1 Å². The van der Waals surface area contributed by atoms with E-state index < -0.39 is 0 Å². The van der Waals surface area contributed by atoms with Crippen LogP contribution in [0.3, 0.4) is 0 Å². The SMILES string of the molecule is Cc1ccc(SCCCC(=O)Nc2nc(-c3cc4ccccc4o3)cs2)cc1. The van der Waals surface area contributed by atoms with Gasteiger partial charge in [-0.1, -0.05) is 35.9 Å². The minimum atomic E-state index is -0.00462. The summed E-state index contributed by atoms with van der Waals surface area (Å²) in [5.41, 5.74) is 2.84. The maximum atomic E-state index is 12.2. The van der Waals surface area contributed by atoms with Crippen molar-refractivity contribution in [3.63, 3.8) is 0 Å². The molecular formula is C22H20N2O2S2. The highest BCUT2D eigenvalue weighted by Gasteiger charge is 2.11. The Kier molecular flexibility index (Phi) is 5.78. The summed E-state index contributed by atoms with van der Waals surface area (Å²) in [6.07, 6.45) is 1.31. The van der Waals surface area contributed by atoms with Gasteiger partial charge in [0.2, 0.25) is 5.91 Å². The Morgan fingerprint density at radius 2 is 2.00 bits per heavy atom. The summed E-state index contributed by atoms with van der Waals surface area (Å²) >= 11 is 3.19. The van der Waals surface area contributed by atoms with E-state index in [0.29, 0.717) is 17.3 Å². The van der Waals surface area contributed by atoms with Crippen LogP contribution in [-0.4, -0.2) is 16.6 Å². The number of carbonyl (C=O) groups is 1. The predicted octanol–water partition coefficient (Wildman–Crippen LogP) is 6.38. The molecule has 0 aliphatic carbocycles. The van der Waals surface area contributed by atoms with Gasteiger partial charge in [-0.15, -0.1) is 23.1 Å². The maximum Gasteiger partial charge on any atom is 0.226 e. The quantitative estimate of drug-likeness (QED) is 0.285. The first-order valence-corrected chi connectivity index (χ1v) is 11.0. The minimum absolute atomic E-state index is 0.00462.